The number of carbonyl (C=O) groups is 2. The molecular weight excluding hydrogens is 307 g/mol. The molecule has 1 heterocycles. The molecule has 1 saturated heterocycles. The summed E-state index contributed by atoms with van der Waals surface area (Å²) in [5, 5.41) is 2.98. The third kappa shape index (κ3) is 5.41. The van der Waals surface area contributed by atoms with E-state index >= 15 is 0 Å². The van der Waals surface area contributed by atoms with Gasteiger partial charge in [0.1, 0.15) is 5.82 Å². The molecule has 1 aromatic carbocycles. The molecule has 1 aliphatic heterocycles. The van der Waals surface area contributed by atoms with Gasteiger partial charge in [-0.2, -0.15) is 0 Å². The number of amides is 1. The summed E-state index contributed by atoms with van der Waals surface area (Å²) in [5.74, 6) is -0.430. The predicted molar refractivity (Wildman–Crippen MR) is 92.5 cm³/mol. The second kappa shape index (κ2) is 8.38. The number of likely N-dealkylation sites (tertiary alicyclic amines) is 1. The monoisotopic (exact) mass is 334 g/mol. The lowest BCUT2D eigenvalue weighted by Gasteiger charge is -2.35. The minimum absolute atomic E-state index is 0.0193. The van der Waals surface area contributed by atoms with Gasteiger partial charge >= 0.3 is 0 Å². The van der Waals surface area contributed by atoms with Gasteiger partial charge in [-0.1, -0.05) is 0 Å². The van der Waals surface area contributed by atoms with E-state index in [-0.39, 0.29) is 23.0 Å². The van der Waals surface area contributed by atoms with Crippen molar-refractivity contribution in [3.8, 4) is 0 Å². The third-order valence-electron chi connectivity index (χ3n) is 4.65. The van der Waals surface area contributed by atoms with E-state index in [0.29, 0.717) is 31.4 Å². The fourth-order valence-corrected chi connectivity index (χ4v) is 3.03. The molecule has 4 nitrogen and oxygen atoms in total. The summed E-state index contributed by atoms with van der Waals surface area (Å²) >= 11 is 0. The van der Waals surface area contributed by atoms with Gasteiger partial charge in [-0.25, -0.2) is 4.39 Å². The molecular formula is C19H27FN2O2. The zero-order valence-corrected chi connectivity index (χ0v) is 14.6. The van der Waals surface area contributed by atoms with E-state index in [1.54, 1.807) is 0 Å². The van der Waals surface area contributed by atoms with Gasteiger partial charge in [0, 0.05) is 30.5 Å². The van der Waals surface area contributed by atoms with Gasteiger partial charge in [-0.3, -0.25) is 14.5 Å². The fraction of sp³-hybridized carbons (Fsp3) is 0.579. The third-order valence-corrected chi connectivity index (χ3v) is 4.65. The van der Waals surface area contributed by atoms with Crippen LogP contribution in [0.25, 0.3) is 0 Å². The van der Waals surface area contributed by atoms with Crippen molar-refractivity contribution in [3.63, 3.8) is 0 Å². The first kappa shape index (κ1) is 18.6. The Hall–Kier alpha value is -1.75. The number of hydrogen-bond donors (Lipinski definition) is 1. The van der Waals surface area contributed by atoms with Crippen molar-refractivity contribution in [1.82, 2.24) is 10.2 Å². The second-order valence-electron chi connectivity index (χ2n) is 7.07. The summed E-state index contributed by atoms with van der Waals surface area (Å²) in [6.45, 7) is 7.11. The van der Waals surface area contributed by atoms with Crippen LogP contribution >= 0.6 is 0 Å². The van der Waals surface area contributed by atoms with Gasteiger partial charge in [-0.05, 0) is 70.5 Å². The number of ketones is 1. The van der Waals surface area contributed by atoms with Crippen molar-refractivity contribution >= 4 is 11.7 Å². The maximum atomic E-state index is 12.8. The average Bonchev–Trinajstić information content (AvgIpc) is 3.09. The number of hydrogen-bond acceptors (Lipinski definition) is 3. The molecule has 0 saturated carbocycles. The highest BCUT2D eigenvalue weighted by Gasteiger charge is 2.29. The Labute approximate surface area is 143 Å². The molecule has 0 radical (unpaired) electrons. The summed E-state index contributed by atoms with van der Waals surface area (Å²) < 4.78 is 12.8. The van der Waals surface area contributed by atoms with E-state index in [1.807, 2.05) is 0 Å². The normalized spacial score (nSPS) is 15.5. The summed E-state index contributed by atoms with van der Waals surface area (Å²) in [6.07, 6.45) is 3.59. The fourth-order valence-electron chi connectivity index (χ4n) is 3.03. The Balaban J connectivity index is 1.67. The van der Waals surface area contributed by atoms with Crippen LogP contribution in [-0.4, -0.2) is 41.8 Å². The predicted octanol–water partition coefficient (Wildman–Crippen LogP) is 3.17. The standard InChI is InChI=1S/C19H27FN2O2/c1-19(2,22-12-3-4-13-22)14-21-18(24)7-5-6-17(23)15-8-10-16(20)11-9-15/h8-11H,3-7,12-14H2,1-2H3,(H,21,24). The molecule has 1 N–H and O–H groups in total. The quantitative estimate of drug-likeness (QED) is 0.743. The van der Waals surface area contributed by atoms with Crippen LogP contribution in [0, 0.1) is 5.82 Å². The lowest BCUT2D eigenvalue weighted by Crippen LogP contribution is -2.50. The number of nitrogens with one attached hydrogen (secondary N) is 1. The first-order chi connectivity index (χ1) is 11.4. The van der Waals surface area contributed by atoms with E-state index in [0.717, 1.165) is 13.1 Å². The Morgan fingerprint density at radius 1 is 1.12 bits per heavy atom. The van der Waals surface area contributed by atoms with Crippen LogP contribution in [0.2, 0.25) is 0 Å². The van der Waals surface area contributed by atoms with E-state index in [9.17, 15) is 14.0 Å². The Kier molecular flexibility index (Phi) is 6.49. The molecule has 0 unspecified atom stereocenters. The van der Waals surface area contributed by atoms with Gasteiger partial charge in [0.2, 0.25) is 5.91 Å². The Morgan fingerprint density at radius 2 is 1.75 bits per heavy atom. The molecule has 5 heteroatoms. The van der Waals surface area contributed by atoms with Crippen molar-refractivity contribution in [1.29, 1.82) is 0 Å². The number of nitrogens with zero attached hydrogens (tertiary/aromatic N) is 1. The van der Waals surface area contributed by atoms with Gasteiger partial charge < -0.3 is 5.32 Å². The van der Waals surface area contributed by atoms with Crippen molar-refractivity contribution in [2.24, 2.45) is 0 Å². The van der Waals surface area contributed by atoms with E-state index in [4.69, 9.17) is 0 Å². The van der Waals surface area contributed by atoms with Gasteiger partial charge in [-0.15, -0.1) is 0 Å². The van der Waals surface area contributed by atoms with Gasteiger partial charge in [0.25, 0.3) is 0 Å². The topological polar surface area (TPSA) is 49.4 Å². The molecule has 0 bridgehead atoms. The minimum atomic E-state index is -0.355. The largest absolute Gasteiger partial charge is 0.354 e. The molecule has 1 fully saturated rings. The molecule has 1 aliphatic rings. The molecule has 132 valence electrons. The number of rotatable bonds is 8. The maximum absolute atomic E-state index is 12.8. The molecule has 2 rings (SSSR count). The second-order valence-corrected chi connectivity index (χ2v) is 7.07. The lowest BCUT2D eigenvalue weighted by atomic mass is 10.0. The molecule has 0 spiro atoms. The van der Waals surface area contributed by atoms with Crippen molar-refractivity contribution in [2.75, 3.05) is 19.6 Å². The van der Waals surface area contributed by atoms with Crippen LogP contribution in [0.1, 0.15) is 56.3 Å². The van der Waals surface area contributed by atoms with Crippen LogP contribution in [0.15, 0.2) is 24.3 Å². The van der Waals surface area contributed by atoms with E-state index in [2.05, 4.69) is 24.1 Å². The molecule has 1 aromatic rings. The molecule has 24 heavy (non-hydrogen) atoms. The number of carbonyl (C=O) groups excluding carboxylic acids is 2. The minimum Gasteiger partial charge on any atom is -0.354 e. The van der Waals surface area contributed by atoms with Crippen molar-refractivity contribution in [3.05, 3.63) is 35.6 Å². The highest BCUT2D eigenvalue weighted by molar-refractivity contribution is 5.96. The number of Topliss-reactive ketones (excluding diaryl/α,β-unsaturated/α-hetero) is 1. The first-order valence-corrected chi connectivity index (χ1v) is 8.69. The molecule has 1 amide bonds. The first-order valence-electron chi connectivity index (χ1n) is 8.69. The SMILES string of the molecule is CC(C)(CNC(=O)CCCC(=O)c1ccc(F)cc1)N1CCCC1. The Bertz CT molecular complexity index is 563. The molecule has 0 aliphatic carbocycles. The highest BCUT2D eigenvalue weighted by atomic mass is 19.1. The zero-order valence-electron chi connectivity index (χ0n) is 14.6. The van der Waals surface area contributed by atoms with Crippen LogP contribution < -0.4 is 5.32 Å². The molecule has 0 atom stereocenters. The smallest absolute Gasteiger partial charge is 0.220 e. The van der Waals surface area contributed by atoms with Gasteiger partial charge in [0.15, 0.2) is 5.78 Å². The maximum Gasteiger partial charge on any atom is 0.220 e. The lowest BCUT2D eigenvalue weighted by molar-refractivity contribution is -0.121. The van der Waals surface area contributed by atoms with E-state index < -0.39 is 0 Å². The van der Waals surface area contributed by atoms with Crippen LogP contribution in [0.4, 0.5) is 4.39 Å². The highest BCUT2D eigenvalue weighted by Crippen LogP contribution is 2.20. The Morgan fingerprint density at radius 3 is 2.38 bits per heavy atom. The van der Waals surface area contributed by atoms with Crippen LogP contribution in [0.5, 0.6) is 0 Å². The summed E-state index contributed by atoms with van der Waals surface area (Å²) in [6, 6.07) is 5.52. The summed E-state index contributed by atoms with van der Waals surface area (Å²) in [7, 11) is 0. The van der Waals surface area contributed by atoms with Crippen molar-refractivity contribution in [2.45, 2.75) is 51.5 Å². The molecule has 0 aromatic heterocycles. The van der Waals surface area contributed by atoms with Gasteiger partial charge in [0.05, 0.1) is 0 Å². The van der Waals surface area contributed by atoms with Crippen LogP contribution in [-0.2, 0) is 4.79 Å². The van der Waals surface area contributed by atoms with Crippen molar-refractivity contribution < 1.29 is 14.0 Å². The average molecular weight is 334 g/mol. The summed E-state index contributed by atoms with van der Waals surface area (Å²) in [5.41, 5.74) is 0.461. The zero-order chi connectivity index (χ0) is 17.6. The number of halogens is 1. The number of benzene rings is 1. The van der Waals surface area contributed by atoms with E-state index in [1.165, 1.54) is 37.1 Å². The summed E-state index contributed by atoms with van der Waals surface area (Å²) in [4.78, 5) is 26.4. The van der Waals surface area contributed by atoms with Crippen LogP contribution in [0.3, 0.4) is 0 Å².